The van der Waals surface area contributed by atoms with Gasteiger partial charge in [0.2, 0.25) is 0 Å². The van der Waals surface area contributed by atoms with Gasteiger partial charge in [-0.15, -0.1) is 0 Å². The molecular weight excluding hydrogens is 268 g/mol. The summed E-state index contributed by atoms with van der Waals surface area (Å²) in [5.41, 5.74) is 2.13. The Hall–Kier alpha value is -1.29. The molecule has 0 fully saturated rings. The molecule has 0 bridgehead atoms. The maximum atomic E-state index is 5.34. The lowest BCUT2D eigenvalue weighted by molar-refractivity contribution is 0.515. The summed E-state index contributed by atoms with van der Waals surface area (Å²) in [5, 5.41) is 3.23. The minimum absolute atomic E-state index is 0.660. The molecule has 4 heteroatoms. The van der Waals surface area contributed by atoms with Crippen LogP contribution in [0.5, 0.6) is 0 Å². The summed E-state index contributed by atoms with van der Waals surface area (Å²) < 4.78 is 6.36. The van der Waals surface area contributed by atoms with Gasteiger partial charge in [0, 0.05) is 4.47 Å². The second-order valence-corrected chi connectivity index (χ2v) is 4.50. The standard InChI is InChI=1S/C12H13BrN2O/c1-8-5-6-16-11(8)7-14-12-4-3-10(13)9(2)15-12/h3-6H,7H2,1-2H3,(H,14,15). The highest BCUT2D eigenvalue weighted by molar-refractivity contribution is 9.10. The largest absolute Gasteiger partial charge is 0.467 e. The summed E-state index contributed by atoms with van der Waals surface area (Å²) in [7, 11) is 0. The predicted molar refractivity (Wildman–Crippen MR) is 67.4 cm³/mol. The molecule has 2 aromatic heterocycles. The monoisotopic (exact) mass is 280 g/mol. The lowest BCUT2D eigenvalue weighted by Crippen LogP contribution is -2.02. The van der Waals surface area contributed by atoms with E-state index >= 15 is 0 Å². The van der Waals surface area contributed by atoms with Crippen LogP contribution in [0.4, 0.5) is 5.82 Å². The van der Waals surface area contributed by atoms with Crippen LogP contribution in [0.1, 0.15) is 17.0 Å². The van der Waals surface area contributed by atoms with Gasteiger partial charge in [-0.05, 0) is 53.5 Å². The molecule has 2 rings (SSSR count). The van der Waals surface area contributed by atoms with Gasteiger partial charge in [-0.3, -0.25) is 0 Å². The van der Waals surface area contributed by atoms with Crippen molar-refractivity contribution in [3.63, 3.8) is 0 Å². The van der Waals surface area contributed by atoms with Crippen molar-refractivity contribution in [1.29, 1.82) is 0 Å². The molecule has 0 amide bonds. The third-order valence-electron chi connectivity index (χ3n) is 2.42. The molecule has 16 heavy (non-hydrogen) atoms. The first kappa shape index (κ1) is 11.2. The number of rotatable bonds is 3. The minimum Gasteiger partial charge on any atom is -0.467 e. The average Bonchev–Trinajstić information content (AvgIpc) is 2.66. The smallest absolute Gasteiger partial charge is 0.126 e. The van der Waals surface area contributed by atoms with Gasteiger partial charge in [0.05, 0.1) is 18.5 Å². The molecule has 2 heterocycles. The summed E-state index contributed by atoms with van der Waals surface area (Å²) in [5.74, 6) is 1.80. The Kier molecular flexibility index (Phi) is 3.29. The molecule has 0 aliphatic heterocycles. The molecule has 0 radical (unpaired) electrons. The van der Waals surface area contributed by atoms with Crippen LogP contribution in [0.2, 0.25) is 0 Å². The Morgan fingerprint density at radius 1 is 1.31 bits per heavy atom. The Labute approximate surface area is 103 Å². The predicted octanol–water partition coefficient (Wildman–Crippen LogP) is 3.67. The molecule has 2 aromatic rings. The zero-order valence-electron chi connectivity index (χ0n) is 9.25. The van der Waals surface area contributed by atoms with E-state index in [0.29, 0.717) is 6.54 Å². The van der Waals surface area contributed by atoms with E-state index in [1.165, 1.54) is 0 Å². The van der Waals surface area contributed by atoms with Crippen molar-refractivity contribution in [3.8, 4) is 0 Å². The van der Waals surface area contributed by atoms with E-state index in [9.17, 15) is 0 Å². The molecular formula is C12H13BrN2O. The highest BCUT2D eigenvalue weighted by Crippen LogP contribution is 2.17. The number of nitrogens with zero attached hydrogens (tertiary/aromatic N) is 1. The van der Waals surface area contributed by atoms with Gasteiger partial charge in [-0.2, -0.15) is 0 Å². The molecule has 0 aromatic carbocycles. The SMILES string of the molecule is Cc1ccoc1CNc1ccc(Br)c(C)n1. The van der Waals surface area contributed by atoms with Crippen molar-refractivity contribution in [1.82, 2.24) is 4.98 Å². The molecule has 0 spiro atoms. The first-order valence-corrected chi connectivity index (χ1v) is 5.86. The average molecular weight is 281 g/mol. The summed E-state index contributed by atoms with van der Waals surface area (Å²) in [6.45, 7) is 4.65. The second kappa shape index (κ2) is 4.70. The minimum atomic E-state index is 0.660. The van der Waals surface area contributed by atoms with Crippen molar-refractivity contribution in [3.05, 3.63) is 46.0 Å². The molecule has 84 valence electrons. The summed E-state index contributed by atoms with van der Waals surface area (Å²) in [6.07, 6.45) is 1.70. The summed E-state index contributed by atoms with van der Waals surface area (Å²) in [4.78, 5) is 4.40. The molecule has 1 N–H and O–H groups in total. The van der Waals surface area contributed by atoms with Gasteiger partial charge in [0.15, 0.2) is 0 Å². The van der Waals surface area contributed by atoms with Gasteiger partial charge in [-0.1, -0.05) is 0 Å². The maximum absolute atomic E-state index is 5.34. The highest BCUT2D eigenvalue weighted by Gasteiger charge is 2.03. The lowest BCUT2D eigenvalue weighted by Gasteiger charge is -2.06. The first-order chi connectivity index (χ1) is 7.66. The van der Waals surface area contributed by atoms with Crippen molar-refractivity contribution < 1.29 is 4.42 Å². The molecule has 0 aliphatic carbocycles. The number of aromatic nitrogens is 1. The number of halogens is 1. The van der Waals surface area contributed by atoms with Crippen LogP contribution in [0.3, 0.4) is 0 Å². The van der Waals surface area contributed by atoms with Crippen LogP contribution >= 0.6 is 15.9 Å². The first-order valence-electron chi connectivity index (χ1n) is 5.07. The van der Waals surface area contributed by atoms with E-state index in [2.05, 4.69) is 26.2 Å². The Bertz CT molecular complexity index is 494. The molecule has 3 nitrogen and oxygen atoms in total. The molecule has 0 unspecified atom stereocenters. The molecule has 0 aliphatic rings. The number of pyridine rings is 1. The van der Waals surface area contributed by atoms with Crippen LogP contribution in [-0.2, 0) is 6.54 Å². The van der Waals surface area contributed by atoms with E-state index in [-0.39, 0.29) is 0 Å². The fraction of sp³-hybridized carbons (Fsp3) is 0.250. The summed E-state index contributed by atoms with van der Waals surface area (Å²) >= 11 is 3.42. The fourth-order valence-corrected chi connectivity index (χ4v) is 1.62. The van der Waals surface area contributed by atoms with Crippen molar-refractivity contribution in [2.75, 3.05) is 5.32 Å². The molecule has 0 atom stereocenters. The second-order valence-electron chi connectivity index (χ2n) is 3.64. The zero-order valence-corrected chi connectivity index (χ0v) is 10.8. The van der Waals surface area contributed by atoms with Crippen LogP contribution < -0.4 is 5.32 Å². The Morgan fingerprint density at radius 2 is 2.12 bits per heavy atom. The van der Waals surface area contributed by atoms with Gasteiger partial charge in [0.25, 0.3) is 0 Å². The van der Waals surface area contributed by atoms with Crippen LogP contribution in [0, 0.1) is 13.8 Å². The lowest BCUT2D eigenvalue weighted by atomic mass is 10.3. The Balaban J connectivity index is 2.05. The summed E-state index contributed by atoms with van der Waals surface area (Å²) in [6, 6.07) is 5.88. The van der Waals surface area contributed by atoms with Gasteiger partial charge in [0.1, 0.15) is 11.6 Å². The fourth-order valence-electron chi connectivity index (χ4n) is 1.40. The number of anilines is 1. The molecule has 0 saturated heterocycles. The van der Waals surface area contributed by atoms with Crippen molar-refractivity contribution in [2.45, 2.75) is 20.4 Å². The normalized spacial score (nSPS) is 10.4. The third kappa shape index (κ3) is 2.44. The quantitative estimate of drug-likeness (QED) is 0.932. The highest BCUT2D eigenvalue weighted by atomic mass is 79.9. The van der Waals surface area contributed by atoms with E-state index in [4.69, 9.17) is 4.42 Å². The van der Waals surface area contributed by atoms with Crippen LogP contribution in [0.15, 0.2) is 33.4 Å². The van der Waals surface area contributed by atoms with Gasteiger partial charge < -0.3 is 9.73 Å². The number of nitrogens with one attached hydrogen (secondary N) is 1. The number of aryl methyl sites for hydroxylation is 2. The topological polar surface area (TPSA) is 38.1 Å². The zero-order chi connectivity index (χ0) is 11.5. The third-order valence-corrected chi connectivity index (χ3v) is 3.26. The Morgan fingerprint density at radius 3 is 2.75 bits per heavy atom. The van der Waals surface area contributed by atoms with E-state index in [1.807, 2.05) is 32.0 Å². The van der Waals surface area contributed by atoms with Crippen molar-refractivity contribution in [2.24, 2.45) is 0 Å². The van der Waals surface area contributed by atoms with E-state index in [1.54, 1.807) is 6.26 Å². The van der Waals surface area contributed by atoms with Crippen molar-refractivity contribution >= 4 is 21.7 Å². The number of hydrogen-bond acceptors (Lipinski definition) is 3. The maximum Gasteiger partial charge on any atom is 0.126 e. The number of furan rings is 1. The van der Waals surface area contributed by atoms with E-state index < -0.39 is 0 Å². The van der Waals surface area contributed by atoms with Crippen LogP contribution in [0.25, 0.3) is 0 Å². The van der Waals surface area contributed by atoms with Gasteiger partial charge >= 0.3 is 0 Å². The number of hydrogen-bond donors (Lipinski definition) is 1. The van der Waals surface area contributed by atoms with E-state index in [0.717, 1.165) is 27.3 Å². The molecule has 0 saturated carbocycles. The van der Waals surface area contributed by atoms with Gasteiger partial charge in [-0.25, -0.2) is 4.98 Å². The van der Waals surface area contributed by atoms with Crippen LogP contribution in [-0.4, -0.2) is 4.98 Å².